The maximum absolute atomic E-state index is 11.4. The van der Waals surface area contributed by atoms with Crippen molar-refractivity contribution in [3.8, 4) is 0 Å². The first-order chi connectivity index (χ1) is 10.0. The van der Waals surface area contributed by atoms with Gasteiger partial charge in [0, 0.05) is 16.4 Å². The number of benzene rings is 2. The van der Waals surface area contributed by atoms with Gasteiger partial charge in [-0.25, -0.2) is 0 Å². The van der Waals surface area contributed by atoms with Crippen LogP contribution in [0.1, 0.15) is 30.0 Å². The molecular formula is C18H20BrNO. The molecule has 110 valence electrons. The van der Waals surface area contributed by atoms with E-state index in [0.29, 0.717) is 6.54 Å². The lowest BCUT2D eigenvalue weighted by Crippen LogP contribution is -2.51. The molecule has 2 unspecified atom stereocenters. The fraction of sp³-hybridized carbons (Fsp3) is 0.333. The maximum atomic E-state index is 11.4. The van der Waals surface area contributed by atoms with Gasteiger partial charge in [-0.3, -0.25) is 0 Å². The second-order valence-electron chi connectivity index (χ2n) is 6.03. The molecule has 1 aliphatic carbocycles. The van der Waals surface area contributed by atoms with Gasteiger partial charge in [-0.2, -0.15) is 0 Å². The Morgan fingerprint density at radius 2 is 2.00 bits per heavy atom. The molecule has 0 fully saturated rings. The minimum Gasteiger partial charge on any atom is -0.384 e. The Labute approximate surface area is 134 Å². The number of halogens is 1. The summed E-state index contributed by atoms with van der Waals surface area (Å²) < 4.78 is 0.971. The van der Waals surface area contributed by atoms with Gasteiger partial charge in [0.05, 0.1) is 5.60 Å². The highest BCUT2D eigenvalue weighted by atomic mass is 79.9. The molecule has 2 atom stereocenters. The van der Waals surface area contributed by atoms with Gasteiger partial charge in [-0.1, -0.05) is 52.3 Å². The largest absolute Gasteiger partial charge is 0.384 e. The fourth-order valence-electron chi connectivity index (χ4n) is 3.67. The molecule has 0 heterocycles. The summed E-state index contributed by atoms with van der Waals surface area (Å²) in [7, 11) is 0. The van der Waals surface area contributed by atoms with E-state index in [0.717, 1.165) is 22.9 Å². The summed E-state index contributed by atoms with van der Waals surface area (Å²) >= 11 is 3.49. The van der Waals surface area contributed by atoms with Gasteiger partial charge in [-0.05, 0) is 48.6 Å². The van der Waals surface area contributed by atoms with Crippen molar-refractivity contribution in [2.75, 3.05) is 6.54 Å². The number of aryl methyl sites for hydroxylation is 1. The number of hydrogen-bond acceptors (Lipinski definition) is 2. The minimum atomic E-state index is -1.00. The molecule has 3 N–H and O–H groups in total. The van der Waals surface area contributed by atoms with Crippen LogP contribution in [-0.2, 0) is 17.4 Å². The van der Waals surface area contributed by atoms with Crippen molar-refractivity contribution in [3.63, 3.8) is 0 Å². The fourth-order valence-corrected chi connectivity index (χ4v) is 4.07. The van der Waals surface area contributed by atoms with E-state index in [1.165, 1.54) is 11.1 Å². The molecular weight excluding hydrogens is 326 g/mol. The molecule has 0 bridgehead atoms. The zero-order valence-electron chi connectivity index (χ0n) is 12.1. The highest BCUT2D eigenvalue weighted by molar-refractivity contribution is 9.10. The van der Waals surface area contributed by atoms with Gasteiger partial charge in [0.1, 0.15) is 0 Å². The molecule has 0 spiro atoms. The monoisotopic (exact) mass is 345 g/mol. The standard InChI is InChI=1S/C18H20BrNO/c1-17(21,14-6-4-7-15(19)11-14)18(12-20)10-9-13-5-2-3-8-16(13)18/h2-8,11,21H,9-10,12,20H2,1H3. The molecule has 2 aromatic carbocycles. The molecule has 21 heavy (non-hydrogen) atoms. The molecule has 0 saturated heterocycles. The van der Waals surface area contributed by atoms with Crippen LogP contribution in [0.4, 0.5) is 0 Å². The highest BCUT2D eigenvalue weighted by Gasteiger charge is 2.51. The van der Waals surface area contributed by atoms with E-state index >= 15 is 0 Å². The molecule has 2 aromatic rings. The van der Waals surface area contributed by atoms with Crippen molar-refractivity contribution in [2.45, 2.75) is 30.8 Å². The van der Waals surface area contributed by atoms with Crippen LogP contribution in [0.25, 0.3) is 0 Å². The number of hydrogen-bond donors (Lipinski definition) is 2. The predicted octanol–water partition coefficient (Wildman–Crippen LogP) is 3.50. The summed E-state index contributed by atoms with van der Waals surface area (Å²) in [5.74, 6) is 0. The SMILES string of the molecule is CC(O)(c1cccc(Br)c1)C1(CN)CCc2ccccc21. The number of nitrogens with two attached hydrogens (primary N) is 1. The summed E-state index contributed by atoms with van der Waals surface area (Å²) in [6.07, 6.45) is 1.85. The second kappa shape index (κ2) is 5.24. The van der Waals surface area contributed by atoms with E-state index < -0.39 is 11.0 Å². The van der Waals surface area contributed by atoms with Crippen LogP contribution >= 0.6 is 15.9 Å². The minimum absolute atomic E-state index is 0.426. The predicted molar refractivity (Wildman–Crippen MR) is 89.2 cm³/mol. The zero-order valence-corrected chi connectivity index (χ0v) is 13.7. The zero-order chi connectivity index (χ0) is 15.1. The lowest BCUT2D eigenvalue weighted by Gasteiger charge is -2.43. The first kappa shape index (κ1) is 14.8. The number of rotatable bonds is 3. The molecule has 2 nitrogen and oxygen atoms in total. The molecule has 0 amide bonds. The van der Waals surface area contributed by atoms with Gasteiger partial charge in [0.15, 0.2) is 0 Å². The average molecular weight is 346 g/mol. The summed E-state index contributed by atoms with van der Waals surface area (Å²) in [6.45, 7) is 2.33. The van der Waals surface area contributed by atoms with Crippen molar-refractivity contribution < 1.29 is 5.11 Å². The van der Waals surface area contributed by atoms with E-state index in [1.54, 1.807) is 0 Å². The van der Waals surface area contributed by atoms with E-state index in [2.05, 4.69) is 34.1 Å². The van der Waals surface area contributed by atoms with Crippen molar-refractivity contribution >= 4 is 15.9 Å². The van der Waals surface area contributed by atoms with Crippen molar-refractivity contribution in [2.24, 2.45) is 5.73 Å². The first-order valence-electron chi connectivity index (χ1n) is 7.28. The van der Waals surface area contributed by atoms with Crippen LogP contribution in [-0.4, -0.2) is 11.7 Å². The number of fused-ring (bicyclic) bond motifs is 1. The Morgan fingerprint density at radius 1 is 1.24 bits per heavy atom. The molecule has 1 aliphatic rings. The van der Waals surface area contributed by atoms with Crippen molar-refractivity contribution in [3.05, 3.63) is 69.7 Å². The van der Waals surface area contributed by atoms with E-state index in [1.807, 2.05) is 37.3 Å². The Bertz CT molecular complexity index is 668. The maximum Gasteiger partial charge on any atom is 0.0977 e. The lowest BCUT2D eigenvalue weighted by molar-refractivity contribution is -0.0260. The highest BCUT2D eigenvalue weighted by Crippen LogP contribution is 2.50. The topological polar surface area (TPSA) is 46.2 Å². The third-order valence-electron chi connectivity index (χ3n) is 5.02. The Hall–Kier alpha value is -1.16. The number of aliphatic hydroxyl groups is 1. The van der Waals surface area contributed by atoms with E-state index in [-0.39, 0.29) is 0 Å². The van der Waals surface area contributed by atoms with Crippen LogP contribution in [0.5, 0.6) is 0 Å². The van der Waals surface area contributed by atoms with Gasteiger partial charge in [0.25, 0.3) is 0 Å². The van der Waals surface area contributed by atoms with Crippen LogP contribution in [0, 0.1) is 0 Å². The normalized spacial score (nSPS) is 23.6. The van der Waals surface area contributed by atoms with Crippen LogP contribution in [0.2, 0.25) is 0 Å². The van der Waals surface area contributed by atoms with Crippen molar-refractivity contribution in [1.29, 1.82) is 0 Å². The molecule has 0 radical (unpaired) electrons. The second-order valence-corrected chi connectivity index (χ2v) is 6.94. The third-order valence-corrected chi connectivity index (χ3v) is 5.51. The quantitative estimate of drug-likeness (QED) is 0.894. The Kier molecular flexibility index (Phi) is 3.68. The van der Waals surface area contributed by atoms with Gasteiger partial charge in [-0.15, -0.1) is 0 Å². The smallest absolute Gasteiger partial charge is 0.0977 e. The molecule has 3 heteroatoms. The summed E-state index contributed by atoms with van der Waals surface area (Å²) in [6, 6.07) is 16.2. The van der Waals surface area contributed by atoms with E-state index in [9.17, 15) is 5.11 Å². The van der Waals surface area contributed by atoms with Crippen LogP contribution in [0.3, 0.4) is 0 Å². The van der Waals surface area contributed by atoms with Gasteiger partial charge in [0.2, 0.25) is 0 Å². The van der Waals surface area contributed by atoms with Gasteiger partial charge >= 0.3 is 0 Å². The molecule has 3 rings (SSSR count). The summed E-state index contributed by atoms with van der Waals surface area (Å²) in [4.78, 5) is 0. The van der Waals surface area contributed by atoms with Gasteiger partial charge < -0.3 is 10.8 Å². The van der Waals surface area contributed by atoms with Crippen LogP contribution < -0.4 is 5.73 Å². The molecule has 0 aliphatic heterocycles. The third kappa shape index (κ3) is 2.15. The molecule has 0 aromatic heterocycles. The van der Waals surface area contributed by atoms with Crippen LogP contribution in [0.15, 0.2) is 53.0 Å². The average Bonchev–Trinajstić information content (AvgIpc) is 2.88. The van der Waals surface area contributed by atoms with E-state index in [4.69, 9.17) is 5.73 Å². The summed E-state index contributed by atoms with van der Waals surface area (Å²) in [5, 5.41) is 11.4. The Morgan fingerprint density at radius 3 is 2.71 bits per heavy atom. The summed E-state index contributed by atoms with van der Waals surface area (Å²) in [5.41, 5.74) is 8.14. The molecule has 0 saturated carbocycles. The first-order valence-corrected chi connectivity index (χ1v) is 8.07. The lowest BCUT2D eigenvalue weighted by atomic mass is 9.66. The van der Waals surface area contributed by atoms with Crippen molar-refractivity contribution in [1.82, 2.24) is 0 Å². The Balaban J connectivity index is 2.16.